The van der Waals surface area contributed by atoms with E-state index in [1.807, 2.05) is 17.8 Å². The topological polar surface area (TPSA) is 52.0 Å². The molecule has 0 saturated heterocycles. The Balaban J connectivity index is 2.65. The summed E-state index contributed by atoms with van der Waals surface area (Å²) in [5, 5.41) is 0. The van der Waals surface area contributed by atoms with Gasteiger partial charge in [0.15, 0.2) is 9.84 Å². The number of rotatable bonds is 6. The molecule has 0 radical (unpaired) electrons. The van der Waals surface area contributed by atoms with Gasteiger partial charge >= 0.3 is 0 Å². The van der Waals surface area contributed by atoms with Crippen molar-refractivity contribution in [3.8, 4) is 0 Å². The van der Waals surface area contributed by atoms with Crippen LogP contribution < -0.4 is 0 Å². The largest absolute Gasteiger partial charge is 0.323 e. The number of nitrogens with zero attached hydrogens (tertiary/aromatic N) is 2. The first-order valence-electron chi connectivity index (χ1n) is 6.73. The smallest absolute Gasteiger partial charge is 0.177 e. The number of sulfone groups is 1. The number of alkyl halides is 1. The molecule has 4 nitrogen and oxygen atoms in total. The van der Waals surface area contributed by atoms with Crippen LogP contribution in [0.4, 0.5) is 0 Å². The van der Waals surface area contributed by atoms with Crippen LogP contribution in [0.1, 0.15) is 25.7 Å². The van der Waals surface area contributed by atoms with Crippen LogP contribution in [0.3, 0.4) is 0 Å². The highest BCUT2D eigenvalue weighted by molar-refractivity contribution is 7.99. The third-order valence-corrected chi connectivity index (χ3v) is 5.77. The van der Waals surface area contributed by atoms with Gasteiger partial charge in [-0.05, 0) is 24.8 Å². The van der Waals surface area contributed by atoms with Crippen molar-refractivity contribution < 1.29 is 8.42 Å². The zero-order chi connectivity index (χ0) is 15.6. The third kappa shape index (κ3) is 3.38. The molecule has 116 valence electrons. The fourth-order valence-electron chi connectivity index (χ4n) is 2.39. The molecule has 0 saturated carbocycles. The van der Waals surface area contributed by atoms with Crippen LogP contribution in [0.2, 0.25) is 0 Å². The van der Waals surface area contributed by atoms with Gasteiger partial charge < -0.3 is 4.57 Å². The lowest BCUT2D eigenvalue weighted by molar-refractivity contribution is 0.602. The average Bonchev–Trinajstić information content (AvgIpc) is 2.81. The highest BCUT2D eigenvalue weighted by atomic mass is 35.5. The number of imidazole rings is 1. The summed E-state index contributed by atoms with van der Waals surface area (Å²) in [5.41, 5.74) is 1.35. The van der Waals surface area contributed by atoms with E-state index < -0.39 is 9.84 Å². The molecule has 0 bridgehead atoms. The minimum Gasteiger partial charge on any atom is -0.323 e. The molecule has 0 N–H and O–H groups in total. The number of hydrogen-bond donors (Lipinski definition) is 0. The second-order valence-electron chi connectivity index (χ2n) is 4.94. The van der Waals surface area contributed by atoms with Gasteiger partial charge in [-0.1, -0.05) is 13.0 Å². The van der Waals surface area contributed by atoms with Crippen LogP contribution in [0.5, 0.6) is 0 Å². The van der Waals surface area contributed by atoms with Crippen molar-refractivity contribution in [2.24, 2.45) is 0 Å². The summed E-state index contributed by atoms with van der Waals surface area (Å²) in [6.07, 6.45) is 1.21. The van der Waals surface area contributed by atoms with Crippen LogP contribution in [0.25, 0.3) is 11.0 Å². The van der Waals surface area contributed by atoms with Crippen molar-refractivity contribution >= 4 is 44.2 Å². The number of benzene rings is 1. The van der Waals surface area contributed by atoms with E-state index in [2.05, 4.69) is 23.4 Å². The van der Waals surface area contributed by atoms with Gasteiger partial charge in [-0.3, -0.25) is 0 Å². The fraction of sp³-hybridized carbons (Fsp3) is 0.500. The minimum atomic E-state index is -3.31. The molecule has 1 aromatic carbocycles. The standard InChI is InChI=1S/C14H19ClN2O2S2/c1-4-20-9-10(2)17-11-6-5-7-12(21(3,18)19)14(11)16-13(17)8-15/h5-7,10H,4,8-9H2,1-3H3. The zero-order valence-electron chi connectivity index (χ0n) is 12.3. The quantitative estimate of drug-likeness (QED) is 0.751. The Labute approximate surface area is 134 Å². The van der Waals surface area contributed by atoms with Crippen molar-refractivity contribution in [2.45, 2.75) is 30.7 Å². The summed E-state index contributed by atoms with van der Waals surface area (Å²) in [5.74, 6) is 2.96. The molecule has 0 aliphatic carbocycles. The number of aromatic nitrogens is 2. The lowest BCUT2D eigenvalue weighted by Gasteiger charge is -2.16. The lowest BCUT2D eigenvalue weighted by Crippen LogP contribution is -2.11. The van der Waals surface area contributed by atoms with Crippen molar-refractivity contribution in [1.29, 1.82) is 0 Å². The number of para-hydroxylation sites is 1. The van der Waals surface area contributed by atoms with Crippen molar-refractivity contribution in [1.82, 2.24) is 9.55 Å². The highest BCUT2D eigenvalue weighted by Gasteiger charge is 2.20. The molecule has 1 unspecified atom stereocenters. The number of halogens is 1. The van der Waals surface area contributed by atoms with Gasteiger partial charge in [0, 0.05) is 18.1 Å². The monoisotopic (exact) mass is 346 g/mol. The molecule has 1 heterocycles. The summed E-state index contributed by atoms with van der Waals surface area (Å²) in [6, 6.07) is 5.47. The normalized spacial score (nSPS) is 13.7. The van der Waals surface area contributed by atoms with Gasteiger partial charge in [0.25, 0.3) is 0 Å². The predicted molar refractivity (Wildman–Crippen MR) is 90.1 cm³/mol. The number of fused-ring (bicyclic) bond motifs is 1. The molecule has 0 spiro atoms. The van der Waals surface area contributed by atoms with E-state index >= 15 is 0 Å². The molecule has 0 aliphatic rings. The van der Waals surface area contributed by atoms with E-state index in [1.165, 1.54) is 6.26 Å². The van der Waals surface area contributed by atoms with Crippen LogP contribution in [0.15, 0.2) is 23.1 Å². The maximum atomic E-state index is 11.9. The van der Waals surface area contributed by atoms with Gasteiger partial charge in [-0.25, -0.2) is 13.4 Å². The summed E-state index contributed by atoms with van der Waals surface area (Å²) in [4.78, 5) is 4.73. The second-order valence-corrected chi connectivity index (χ2v) is 8.51. The van der Waals surface area contributed by atoms with Crippen LogP contribution >= 0.6 is 23.4 Å². The first kappa shape index (κ1) is 16.6. The Morgan fingerprint density at radius 3 is 2.71 bits per heavy atom. The van der Waals surface area contributed by atoms with Crippen LogP contribution in [-0.4, -0.2) is 35.7 Å². The first-order chi connectivity index (χ1) is 9.90. The van der Waals surface area contributed by atoms with Crippen LogP contribution in [-0.2, 0) is 15.7 Å². The number of hydrogen-bond acceptors (Lipinski definition) is 4. The highest BCUT2D eigenvalue weighted by Crippen LogP contribution is 2.28. The Kier molecular flexibility index (Phi) is 5.22. The molecular formula is C14H19ClN2O2S2. The minimum absolute atomic E-state index is 0.212. The Bertz CT molecular complexity index is 741. The van der Waals surface area contributed by atoms with E-state index in [1.54, 1.807) is 12.1 Å². The molecule has 7 heteroatoms. The lowest BCUT2D eigenvalue weighted by atomic mass is 10.3. The molecule has 0 aliphatic heterocycles. The van der Waals surface area contributed by atoms with Gasteiger partial charge in [0.1, 0.15) is 11.3 Å². The fourth-order valence-corrected chi connectivity index (χ4v) is 4.13. The molecule has 21 heavy (non-hydrogen) atoms. The first-order valence-corrected chi connectivity index (χ1v) is 10.3. The maximum absolute atomic E-state index is 11.9. The molecular weight excluding hydrogens is 328 g/mol. The van der Waals surface area contributed by atoms with Crippen molar-refractivity contribution in [3.05, 3.63) is 24.0 Å². The molecule has 1 aromatic heterocycles. The number of thioether (sulfide) groups is 1. The summed E-state index contributed by atoms with van der Waals surface area (Å²) in [7, 11) is -3.31. The molecule has 2 rings (SSSR count). The Morgan fingerprint density at radius 1 is 1.43 bits per heavy atom. The Hall–Kier alpha value is -0.720. The molecule has 0 fully saturated rings. The van der Waals surface area contributed by atoms with Gasteiger partial charge in [-0.2, -0.15) is 11.8 Å². The summed E-state index contributed by atoms with van der Waals surface area (Å²) >= 11 is 7.85. The third-order valence-electron chi connectivity index (χ3n) is 3.28. The second kappa shape index (κ2) is 6.58. The van der Waals surface area contributed by atoms with Gasteiger partial charge in [0.05, 0.1) is 16.3 Å². The Morgan fingerprint density at radius 2 is 2.14 bits per heavy atom. The van der Waals surface area contributed by atoms with Crippen molar-refractivity contribution in [3.63, 3.8) is 0 Å². The van der Waals surface area contributed by atoms with Gasteiger partial charge in [0.2, 0.25) is 0 Å². The molecule has 0 amide bonds. The van der Waals surface area contributed by atoms with Crippen molar-refractivity contribution in [2.75, 3.05) is 17.8 Å². The average molecular weight is 347 g/mol. The van der Waals surface area contributed by atoms with E-state index in [0.29, 0.717) is 11.3 Å². The van der Waals surface area contributed by atoms with E-state index in [0.717, 1.165) is 17.0 Å². The van der Waals surface area contributed by atoms with E-state index in [-0.39, 0.29) is 16.8 Å². The van der Waals surface area contributed by atoms with Crippen LogP contribution in [0, 0.1) is 0 Å². The SMILES string of the molecule is CCSCC(C)n1c(CCl)nc2c(S(C)(=O)=O)cccc21. The summed E-state index contributed by atoms with van der Waals surface area (Å²) in [6.45, 7) is 4.22. The predicted octanol–water partition coefficient (Wildman–Crippen LogP) is 3.49. The maximum Gasteiger partial charge on any atom is 0.177 e. The van der Waals surface area contributed by atoms with E-state index in [9.17, 15) is 8.42 Å². The van der Waals surface area contributed by atoms with E-state index in [4.69, 9.17) is 11.6 Å². The molecule has 2 aromatic rings. The summed E-state index contributed by atoms with van der Waals surface area (Å²) < 4.78 is 25.9. The molecule has 1 atom stereocenters. The van der Waals surface area contributed by atoms with Gasteiger partial charge in [-0.15, -0.1) is 11.6 Å². The zero-order valence-corrected chi connectivity index (χ0v) is 14.7.